The van der Waals surface area contributed by atoms with E-state index in [4.69, 9.17) is 4.74 Å². The number of H-pyrrole nitrogens is 1. The Morgan fingerprint density at radius 3 is 3.00 bits per heavy atom. The Kier molecular flexibility index (Phi) is 3.28. The molecule has 2 heterocycles. The molecule has 1 N–H and O–H groups in total. The number of morpholine rings is 1. The van der Waals surface area contributed by atoms with Crippen molar-refractivity contribution in [3.05, 3.63) is 33.7 Å². The molecule has 1 aromatic rings. The highest BCUT2D eigenvalue weighted by Gasteiger charge is 2.26. The summed E-state index contributed by atoms with van der Waals surface area (Å²) in [7, 11) is 0. The summed E-state index contributed by atoms with van der Waals surface area (Å²) < 4.78 is 5.27. The van der Waals surface area contributed by atoms with Crippen LogP contribution in [-0.4, -0.2) is 41.6 Å². The molecule has 1 atom stereocenters. The molecule has 5 nitrogen and oxygen atoms in total. The van der Waals surface area contributed by atoms with Crippen molar-refractivity contribution in [3.63, 3.8) is 0 Å². The zero-order chi connectivity index (χ0) is 12.4. The van der Waals surface area contributed by atoms with Crippen LogP contribution in [0.4, 0.5) is 0 Å². The molecule has 0 unspecified atom stereocenters. The summed E-state index contributed by atoms with van der Waals surface area (Å²) in [5, 5.41) is 0. The lowest BCUT2D eigenvalue weighted by Crippen LogP contribution is -2.48. The lowest BCUT2D eigenvalue weighted by atomic mass is 10.1. The maximum Gasteiger partial charge on any atom is 0.259 e. The highest BCUT2D eigenvalue weighted by atomic mass is 16.5. The van der Waals surface area contributed by atoms with Crippen molar-refractivity contribution < 1.29 is 9.53 Å². The van der Waals surface area contributed by atoms with Crippen LogP contribution in [0, 0.1) is 6.92 Å². The van der Waals surface area contributed by atoms with Gasteiger partial charge in [-0.2, -0.15) is 0 Å². The number of nitrogens with zero attached hydrogens (tertiary/aromatic N) is 1. The van der Waals surface area contributed by atoms with Crippen molar-refractivity contribution in [2.24, 2.45) is 0 Å². The molecule has 1 amide bonds. The summed E-state index contributed by atoms with van der Waals surface area (Å²) in [5.41, 5.74) is 0.718. The van der Waals surface area contributed by atoms with Crippen molar-refractivity contribution >= 4 is 5.91 Å². The minimum absolute atomic E-state index is 0.0111. The van der Waals surface area contributed by atoms with Gasteiger partial charge in [0.05, 0.1) is 19.3 Å². The van der Waals surface area contributed by atoms with Crippen LogP contribution in [-0.2, 0) is 4.74 Å². The van der Waals surface area contributed by atoms with Gasteiger partial charge in [0.15, 0.2) is 5.43 Å². The van der Waals surface area contributed by atoms with Crippen LogP contribution in [0.15, 0.2) is 17.1 Å². The summed E-state index contributed by atoms with van der Waals surface area (Å²) in [5.74, 6) is -0.220. The molecule has 1 aromatic heterocycles. The Labute approximate surface area is 99.4 Å². The molecule has 0 bridgehead atoms. The number of carbonyl (C=O) groups excluding carboxylic acids is 1. The van der Waals surface area contributed by atoms with E-state index in [1.807, 2.05) is 6.92 Å². The summed E-state index contributed by atoms with van der Waals surface area (Å²) >= 11 is 0. The van der Waals surface area contributed by atoms with Gasteiger partial charge in [-0.3, -0.25) is 9.59 Å². The van der Waals surface area contributed by atoms with Gasteiger partial charge in [-0.1, -0.05) is 0 Å². The van der Waals surface area contributed by atoms with Crippen LogP contribution >= 0.6 is 0 Å². The van der Waals surface area contributed by atoms with E-state index in [1.165, 1.54) is 12.3 Å². The van der Waals surface area contributed by atoms with Gasteiger partial charge in [-0.25, -0.2) is 0 Å². The predicted molar refractivity (Wildman–Crippen MR) is 63.1 cm³/mol. The summed E-state index contributed by atoms with van der Waals surface area (Å²) in [4.78, 5) is 28.5. The number of rotatable bonds is 1. The smallest absolute Gasteiger partial charge is 0.259 e. The zero-order valence-corrected chi connectivity index (χ0v) is 10.0. The fourth-order valence-corrected chi connectivity index (χ4v) is 1.92. The zero-order valence-electron chi connectivity index (χ0n) is 10.0. The van der Waals surface area contributed by atoms with E-state index in [0.717, 1.165) is 5.69 Å². The average Bonchev–Trinajstić information content (AvgIpc) is 2.29. The number of aromatic amines is 1. The molecule has 17 heavy (non-hydrogen) atoms. The Balaban J connectivity index is 2.27. The number of hydrogen-bond acceptors (Lipinski definition) is 3. The van der Waals surface area contributed by atoms with Crippen LogP contribution in [0.3, 0.4) is 0 Å². The number of aryl methyl sites for hydroxylation is 1. The predicted octanol–water partition coefficient (Wildman–Crippen LogP) is 0.544. The maximum atomic E-state index is 12.2. The third-order valence-electron chi connectivity index (χ3n) is 2.92. The molecule has 5 heteroatoms. The number of carbonyl (C=O) groups is 1. The second-order valence-corrected chi connectivity index (χ2v) is 4.32. The summed E-state index contributed by atoms with van der Waals surface area (Å²) in [6, 6.07) is 1.45. The van der Waals surface area contributed by atoms with E-state index in [9.17, 15) is 9.59 Å². The molecule has 92 valence electrons. The number of ether oxygens (including phenoxy) is 1. The van der Waals surface area contributed by atoms with E-state index < -0.39 is 0 Å². The fraction of sp³-hybridized carbons (Fsp3) is 0.500. The highest BCUT2D eigenvalue weighted by molar-refractivity contribution is 5.94. The Hall–Kier alpha value is -1.62. The molecular weight excluding hydrogens is 220 g/mol. The van der Waals surface area contributed by atoms with Gasteiger partial charge in [-0.15, -0.1) is 0 Å². The molecule has 2 rings (SSSR count). The lowest BCUT2D eigenvalue weighted by Gasteiger charge is -2.33. The van der Waals surface area contributed by atoms with Crippen molar-refractivity contribution in [2.45, 2.75) is 19.9 Å². The van der Waals surface area contributed by atoms with Crippen molar-refractivity contribution in [1.82, 2.24) is 9.88 Å². The van der Waals surface area contributed by atoms with E-state index in [-0.39, 0.29) is 22.9 Å². The van der Waals surface area contributed by atoms with Crippen molar-refractivity contribution in [1.29, 1.82) is 0 Å². The van der Waals surface area contributed by atoms with Crippen molar-refractivity contribution in [3.8, 4) is 0 Å². The molecule has 0 spiro atoms. The number of nitrogens with one attached hydrogen (secondary N) is 1. The Morgan fingerprint density at radius 1 is 1.59 bits per heavy atom. The fourth-order valence-electron chi connectivity index (χ4n) is 1.92. The van der Waals surface area contributed by atoms with Gasteiger partial charge >= 0.3 is 0 Å². The number of amides is 1. The molecule has 1 saturated heterocycles. The van der Waals surface area contributed by atoms with E-state index in [1.54, 1.807) is 11.8 Å². The van der Waals surface area contributed by atoms with Crippen molar-refractivity contribution in [2.75, 3.05) is 19.8 Å². The standard InChI is InChI=1S/C12H16N2O3/c1-8-5-11(15)10(6-13-8)12(16)14-3-4-17-7-9(14)2/h5-6,9H,3-4,7H2,1-2H3,(H,13,15)/t9-/m1/s1. The second-order valence-electron chi connectivity index (χ2n) is 4.32. The van der Waals surface area contributed by atoms with Gasteiger partial charge in [0, 0.05) is 24.5 Å². The summed E-state index contributed by atoms with van der Waals surface area (Å²) in [6.07, 6.45) is 1.49. The first-order valence-electron chi connectivity index (χ1n) is 5.67. The topological polar surface area (TPSA) is 62.4 Å². The monoisotopic (exact) mass is 236 g/mol. The molecule has 0 radical (unpaired) electrons. The molecular formula is C12H16N2O3. The lowest BCUT2D eigenvalue weighted by molar-refractivity contribution is 0.00350. The minimum atomic E-state index is -0.232. The molecule has 1 aliphatic heterocycles. The van der Waals surface area contributed by atoms with Gasteiger partial charge < -0.3 is 14.6 Å². The molecule has 0 aliphatic carbocycles. The first-order valence-corrected chi connectivity index (χ1v) is 5.67. The first kappa shape index (κ1) is 11.9. The van der Waals surface area contributed by atoms with E-state index in [2.05, 4.69) is 4.98 Å². The Bertz CT molecular complexity index is 481. The summed E-state index contributed by atoms with van der Waals surface area (Å²) in [6.45, 7) is 5.29. The molecule has 1 fully saturated rings. The number of hydrogen-bond donors (Lipinski definition) is 1. The van der Waals surface area contributed by atoms with E-state index in [0.29, 0.717) is 19.8 Å². The molecule has 0 saturated carbocycles. The quantitative estimate of drug-likeness (QED) is 0.774. The van der Waals surface area contributed by atoms with Crippen LogP contribution < -0.4 is 5.43 Å². The largest absolute Gasteiger partial charge is 0.377 e. The highest BCUT2D eigenvalue weighted by Crippen LogP contribution is 2.09. The van der Waals surface area contributed by atoms with Gasteiger partial charge in [0.2, 0.25) is 0 Å². The average molecular weight is 236 g/mol. The van der Waals surface area contributed by atoms with Gasteiger partial charge in [-0.05, 0) is 13.8 Å². The third kappa shape index (κ3) is 2.39. The number of aromatic nitrogens is 1. The normalized spacial score (nSPS) is 20.4. The van der Waals surface area contributed by atoms with Gasteiger partial charge in [0.1, 0.15) is 5.56 Å². The Morgan fingerprint density at radius 2 is 2.35 bits per heavy atom. The second kappa shape index (κ2) is 4.71. The van der Waals surface area contributed by atoms with Crippen LogP contribution in [0.2, 0.25) is 0 Å². The van der Waals surface area contributed by atoms with E-state index >= 15 is 0 Å². The first-order chi connectivity index (χ1) is 8.09. The third-order valence-corrected chi connectivity index (χ3v) is 2.92. The SMILES string of the molecule is Cc1cc(=O)c(C(=O)N2CCOC[C@H]2C)c[nH]1. The van der Waals surface area contributed by atoms with Crippen LogP contribution in [0.25, 0.3) is 0 Å². The van der Waals surface area contributed by atoms with Gasteiger partial charge in [0.25, 0.3) is 5.91 Å². The van der Waals surface area contributed by atoms with Crippen LogP contribution in [0.5, 0.6) is 0 Å². The maximum absolute atomic E-state index is 12.2. The van der Waals surface area contributed by atoms with Crippen LogP contribution in [0.1, 0.15) is 23.0 Å². The minimum Gasteiger partial charge on any atom is -0.377 e. The number of pyridine rings is 1. The molecule has 0 aromatic carbocycles. The molecule has 1 aliphatic rings.